The highest BCUT2D eigenvalue weighted by Gasteiger charge is 2.52. The normalized spacial score (nSPS) is 13.7. The van der Waals surface area contributed by atoms with Crippen LogP contribution in [0, 0.1) is 0 Å². The van der Waals surface area contributed by atoms with Crippen LogP contribution in [0.25, 0.3) is 99.1 Å². The number of benzene rings is 10. The quantitative estimate of drug-likeness (QED) is 0.176. The number of fused-ring (bicyclic) bond motifs is 17. The van der Waals surface area contributed by atoms with Crippen LogP contribution in [-0.4, -0.2) is 0 Å². The number of ether oxygens (including phenoxy) is 1. The first-order valence-corrected chi connectivity index (χ1v) is 20.4. The third-order valence-corrected chi connectivity index (χ3v) is 13.5. The van der Waals surface area contributed by atoms with E-state index in [4.69, 9.17) is 9.15 Å². The molecule has 14 rings (SSSR count). The molecule has 3 aliphatic rings. The fourth-order valence-corrected chi connectivity index (χ4v) is 11.1. The molecule has 0 atom stereocenters. The fourth-order valence-electron chi connectivity index (χ4n) is 11.1. The van der Waals surface area contributed by atoms with Crippen molar-refractivity contribution < 1.29 is 9.15 Å². The molecular formula is C57H32O2. The van der Waals surface area contributed by atoms with E-state index in [1.807, 2.05) is 18.2 Å². The molecule has 10 aromatic carbocycles. The third kappa shape index (κ3) is 3.96. The van der Waals surface area contributed by atoms with E-state index in [1.165, 1.54) is 93.9 Å². The van der Waals surface area contributed by atoms with Gasteiger partial charge in [-0.15, -0.1) is 0 Å². The lowest BCUT2D eigenvalue weighted by atomic mass is 9.70. The molecule has 0 amide bonds. The van der Waals surface area contributed by atoms with Crippen molar-refractivity contribution in [2.24, 2.45) is 0 Å². The minimum Gasteiger partial charge on any atom is -0.456 e. The van der Waals surface area contributed by atoms with Gasteiger partial charge in [0, 0.05) is 21.7 Å². The number of hydrogen-bond acceptors (Lipinski definition) is 2. The Bertz CT molecular complexity index is 3610. The molecule has 2 aliphatic carbocycles. The molecule has 0 radical (unpaired) electrons. The topological polar surface area (TPSA) is 22.4 Å². The zero-order chi connectivity index (χ0) is 38.4. The third-order valence-electron chi connectivity index (χ3n) is 13.5. The summed E-state index contributed by atoms with van der Waals surface area (Å²) in [5.74, 6) is 1.81. The molecule has 59 heavy (non-hydrogen) atoms. The summed E-state index contributed by atoms with van der Waals surface area (Å²) in [4.78, 5) is 0. The van der Waals surface area contributed by atoms with E-state index < -0.39 is 5.41 Å². The smallest absolute Gasteiger partial charge is 0.135 e. The molecule has 0 bridgehead atoms. The van der Waals surface area contributed by atoms with Crippen LogP contribution in [0.15, 0.2) is 199 Å². The summed E-state index contributed by atoms with van der Waals surface area (Å²) >= 11 is 0. The van der Waals surface area contributed by atoms with Gasteiger partial charge in [0.1, 0.15) is 22.7 Å². The average Bonchev–Trinajstić information content (AvgIpc) is 3.93. The maximum absolute atomic E-state index is 6.52. The Kier molecular flexibility index (Phi) is 5.99. The number of hydrogen-bond donors (Lipinski definition) is 0. The van der Waals surface area contributed by atoms with Crippen LogP contribution in [0.1, 0.15) is 22.3 Å². The fraction of sp³-hybridized carbons (Fsp3) is 0.0175. The summed E-state index contributed by atoms with van der Waals surface area (Å²) in [5, 5.41) is 7.16. The molecule has 2 heterocycles. The van der Waals surface area contributed by atoms with E-state index in [0.717, 1.165) is 39.0 Å². The second-order valence-corrected chi connectivity index (χ2v) is 16.2. The van der Waals surface area contributed by atoms with E-state index in [-0.39, 0.29) is 0 Å². The standard InChI is InChI=1S/C57H32O2/c1-5-19-47-38(11-1)39-12-2-6-20-48(39)57(47)49-28-26-37-35(33-24-29-53-46(31-33)41-14-4-8-22-52(41)58-53)15-9-17-43(37)55(49)45-25-23-34(32-50(45)57)36-27-30-54-56-42(36)16-10-18-44(56)40-13-3-7-21-51(40)59-54/h1-32H. The van der Waals surface area contributed by atoms with E-state index >= 15 is 0 Å². The van der Waals surface area contributed by atoms with Crippen molar-refractivity contribution in [1.82, 2.24) is 0 Å². The maximum atomic E-state index is 6.52. The predicted molar refractivity (Wildman–Crippen MR) is 241 cm³/mol. The lowest BCUT2D eigenvalue weighted by molar-refractivity contribution is 0.487. The molecule has 1 aromatic heterocycles. The van der Waals surface area contributed by atoms with Crippen LogP contribution < -0.4 is 4.74 Å². The van der Waals surface area contributed by atoms with Crippen LogP contribution in [-0.2, 0) is 5.41 Å². The Morgan fingerprint density at radius 3 is 1.80 bits per heavy atom. The minimum absolute atomic E-state index is 0.485. The predicted octanol–water partition coefficient (Wildman–Crippen LogP) is 15.3. The van der Waals surface area contributed by atoms with Gasteiger partial charge in [0.15, 0.2) is 0 Å². The zero-order valence-electron chi connectivity index (χ0n) is 31.8. The van der Waals surface area contributed by atoms with Gasteiger partial charge in [-0.3, -0.25) is 0 Å². The van der Waals surface area contributed by atoms with Gasteiger partial charge >= 0.3 is 0 Å². The van der Waals surface area contributed by atoms with Crippen LogP contribution in [0.3, 0.4) is 0 Å². The summed E-state index contributed by atoms with van der Waals surface area (Å²) < 4.78 is 12.8. The molecule has 2 nitrogen and oxygen atoms in total. The van der Waals surface area contributed by atoms with Gasteiger partial charge in [0.05, 0.1) is 5.41 Å². The minimum atomic E-state index is -0.485. The molecule has 1 spiro atoms. The summed E-state index contributed by atoms with van der Waals surface area (Å²) in [6.07, 6.45) is 0. The van der Waals surface area contributed by atoms with Gasteiger partial charge in [-0.25, -0.2) is 0 Å². The van der Waals surface area contributed by atoms with Gasteiger partial charge in [-0.1, -0.05) is 158 Å². The summed E-state index contributed by atoms with van der Waals surface area (Å²) in [7, 11) is 0. The lowest BCUT2D eigenvalue weighted by Crippen LogP contribution is -2.25. The van der Waals surface area contributed by atoms with Crippen LogP contribution in [0.4, 0.5) is 0 Å². The first kappa shape index (κ1) is 31.4. The average molecular weight is 749 g/mol. The summed E-state index contributed by atoms with van der Waals surface area (Å²) in [6, 6.07) is 71.5. The van der Waals surface area contributed by atoms with Crippen LogP contribution in [0.5, 0.6) is 11.5 Å². The van der Waals surface area contributed by atoms with E-state index in [2.05, 4.69) is 176 Å². The molecule has 0 saturated carbocycles. The van der Waals surface area contributed by atoms with E-state index in [9.17, 15) is 0 Å². The van der Waals surface area contributed by atoms with Crippen molar-refractivity contribution in [3.05, 3.63) is 216 Å². The van der Waals surface area contributed by atoms with Crippen molar-refractivity contribution in [3.8, 4) is 67.1 Å². The number of para-hydroxylation sites is 2. The summed E-state index contributed by atoms with van der Waals surface area (Å²) in [6.45, 7) is 0. The van der Waals surface area contributed by atoms with Gasteiger partial charge in [-0.05, 0) is 125 Å². The molecular weight excluding hydrogens is 717 g/mol. The van der Waals surface area contributed by atoms with Gasteiger partial charge < -0.3 is 9.15 Å². The van der Waals surface area contributed by atoms with Gasteiger partial charge in [0.2, 0.25) is 0 Å². The van der Waals surface area contributed by atoms with Crippen molar-refractivity contribution in [1.29, 1.82) is 0 Å². The molecule has 0 saturated heterocycles. The molecule has 2 heteroatoms. The molecule has 0 unspecified atom stereocenters. The zero-order valence-corrected chi connectivity index (χ0v) is 31.8. The highest BCUT2D eigenvalue weighted by atomic mass is 16.5. The second-order valence-electron chi connectivity index (χ2n) is 16.2. The highest BCUT2D eigenvalue weighted by molar-refractivity contribution is 6.14. The number of furan rings is 1. The molecule has 0 fully saturated rings. The molecule has 1 aliphatic heterocycles. The summed E-state index contributed by atoms with van der Waals surface area (Å²) in [5.41, 5.74) is 19.1. The molecule has 272 valence electrons. The lowest BCUT2D eigenvalue weighted by Gasteiger charge is -2.31. The van der Waals surface area contributed by atoms with E-state index in [0.29, 0.717) is 0 Å². The van der Waals surface area contributed by atoms with Crippen LogP contribution >= 0.6 is 0 Å². The SMILES string of the molecule is c1ccc2c(c1)Oc1ccc(-c3ccc4c(c3)C3(c5ccccc5-c5ccccc53)c3ccc5c(-c6ccc7oc8ccccc8c7c6)cccc5c3-4)c3cccc-2c13. The van der Waals surface area contributed by atoms with Crippen molar-refractivity contribution in [2.45, 2.75) is 5.41 Å². The number of rotatable bonds is 2. The van der Waals surface area contributed by atoms with Crippen molar-refractivity contribution in [2.75, 3.05) is 0 Å². The second kappa shape index (κ2) is 11.2. The Morgan fingerprint density at radius 2 is 0.932 bits per heavy atom. The van der Waals surface area contributed by atoms with Crippen LogP contribution in [0.2, 0.25) is 0 Å². The largest absolute Gasteiger partial charge is 0.456 e. The van der Waals surface area contributed by atoms with Crippen molar-refractivity contribution in [3.63, 3.8) is 0 Å². The van der Waals surface area contributed by atoms with Gasteiger partial charge in [-0.2, -0.15) is 0 Å². The first-order chi connectivity index (χ1) is 29.3. The molecule has 0 N–H and O–H groups in total. The Labute approximate surface area is 340 Å². The Balaban J connectivity index is 1.04. The van der Waals surface area contributed by atoms with Gasteiger partial charge in [0.25, 0.3) is 0 Å². The Hall–Kier alpha value is -7.68. The Morgan fingerprint density at radius 1 is 0.305 bits per heavy atom. The van der Waals surface area contributed by atoms with Crippen molar-refractivity contribution >= 4 is 43.5 Å². The molecule has 11 aromatic rings. The monoisotopic (exact) mass is 748 g/mol. The van der Waals surface area contributed by atoms with E-state index in [1.54, 1.807) is 0 Å². The highest BCUT2D eigenvalue weighted by Crippen LogP contribution is 2.64. The first-order valence-electron chi connectivity index (χ1n) is 20.4. The maximum Gasteiger partial charge on any atom is 0.135 e.